The van der Waals surface area contributed by atoms with Crippen LogP contribution < -0.4 is 5.32 Å². The van der Waals surface area contributed by atoms with E-state index in [-0.39, 0.29) is 11.7 Å². The second-order valence-corrected chi connectivity index (χ2v) is 5.81. The fourth-order valence-electron chi connectivity index (χ4n) is 2.83. The van der Waals surface area contributed by atoms with E-state index >= 15 is 0 Å². The van der Waals surface area contributed by atoms with Crippen LogP contribution in [0.5, 0.6) is 0 Å². The molecule has 0 saturated carbocycles. The van der Waals surface area contributed by atoms with Crippen molar-refractivity contribution < 1.29 is 9.59 Å². The van der Waals surface area contributed by atoms with E-state index in [0.29, 0.717) is 0 Å². The number of ketones is 1. The van der Waals surface area contributed by atoms with Crippen LogP contribution >= 0.6 is 0 Å². The first-order valence-electron chi connectivity index (χ1n) is 6.68. The Morgan fingerprint density at radius 2 is 1.70 bits per heavy atom. The molecule has 0 aromatic heterocycles. The number of Topliss-reactive ketones (excluding diaryl/α,β-unsaturated/α-hetero) is 1. The van der Waals surface area contributed by atoms with Crippen molar-refractivity contribution in [3.8, 4) is 11.8 Å². The maximum atomic E-state index is 12.4. The molecule has 3 nitrogen and oxygen atoms in total. The molecule has 0 bridgehead atoms. The van der Waals surface area contributed by atoms with E-state index in [2.05, 4.69) is 17.2 Å². The topological polar surface area (TPSA) is 46.2 Å². The van der Waals surface area contributed by atoms with Crippen LogP contribution in [0.25, 0.3) is 0 Å². The molecule has 0 aliphatic carbocycles. The lowest BCUT2D eigenvalue weighted by atomic mass is 9.84. The summed E-state index contributed by atoms with van der Waals surface area (Å²) in [6.45, 7) is 9.13. The summed E-state index contributed by atoms with van der Waals surface area (Å²) < 4.78 is 0. The SMILES string of the molecule is CC#Cc1cc(C)c(C2C(=O)NC(C)(C)C2=O)c(C)c1. The number of nitrogens with one attached hydrogen (secondary N) is 1. The van der Waals surface area contributed by atoms with Crippen LogP contribution in [0.1, 0.15) is 48.9 Å². The van der Waals surface area contributed by atoms with Gasteiger partial charge in [0.2, 0.25) is 5.91 Å². The third-order valence-electron chi connectivity index (χ3n) is 3.73. The van der Waals surface area contributed by atoms with Gasteiger partial charge < -0.3 is 5.32 Å². The molecule has 0 radical (unpaired) electrons. The van der Waals surface area contributed by atoms with Gasteiger partial charge >= 0.3 is 0 Å². The normalized spacial score (nSPS) is 20.4. The Labute approximate surface area is 119 Å². The first-order valence-corrected chi connectivity index (χ1v) is 6.68. The van der Waals surface area contributed by atoms with Crippen LogP contribution in [-0.4, -0.2) is 17.2 Å². The number of hydrogen-bond donors (Lipinski definition) is 1. The molecule has 1 aliphatic heterocycles. The fraction of sp³-hybridized carbons (Fsp3) is 0.412. The lowest BCUT2D eigenvalue weighted by Gasteiger charge is -2.17. The summed E-state index contributed by atoms with van der Waals surface area (Å²) in [5.41, 5.74) is 2.82. The zero-order valence-electron chi connectivity index (χ0n) is 12.5. The van der Waals surface area contributed by atoms with E-state index in [1.807, 2.05) is 26.0 Å². The number of carbonyl (C=O) groups is 2. The fourth-order valence-corrected chi connectivity index (χ4v) is 2.83. The maximum Gasteiger partial charge on any atom is 0.235 e. The third-order valence-corrected chi connectivity index (χ3v) is 3.73. The number of rotatable bonds is 1. The molecule has 1 heterocycles. The van der Waals surface area contributed by atoms with Crippen molar-refractivity contribution in [1.29, 1.82) is 0 Å². The standard InChI is InChI=1S/C17H19NO2/c1-6-7-12-8-10(2)13(11(3)9-12)14-15(19)17(4,5)18-16(14)20/h8-9,14H,1-5H3,(H,18,20). The van der Waals surface area contributed by atoms with Crippen molar-refractivity contribution in [1.82, 2.24) is 5.32 Å². The van der Waals surface area contributed by atoms with Gasteiger partial charge in [-0.3, -0.25) is 9.59 Å². The van der Waals surface area contributed by atoms with E-state index in [9.17, 15) is 9.59 Å². The molecule has 1 N–H and O–H groups in total. The molecule has 1 atom stereocenters. The second kappa shape index (κ2) is 4.79. The quantitative estimate of drug-likeness (QED) is 0.628. The summed E-state index contributed by atoms with van der Waals surface area (Å²) in [5, 5.41) is 2.77. The molecule has 3 heteroatoms. The lowest BCUT2D eigenvalue weighted by molar-refractivity contribution is -0.125. The molecule has 1 amide bonds. The zero-order chi connectivity index (χ0) is 15.1. The number of amides is 1. The molecule has 1 aromatic rings. The van der Waals surface area contributed by atoms with E-state index < -0.39 is 11.5 Å². The average molecular weight is 269 g/mol. The van der Waals surface area contributed by atoms with Crippen LogP contribution in [0.3, 0.4) is 0 Å². The molecule has 1 saturated heterocycles. The largest absolute Gasteiger partial charge is 0.343 e. The number of carbonyl (C=O) groups excluding carboxylic acids is 2. The van der Waals surface area contributed by atoms with Crippen molar-refractivity contribution in [2.24, 2.45) is 0 Å². The summed E-state index contributed by atoms with van der Waals surface area (Å²) in [5.74, 6) is 4.90. The molecule has 1 unspecified atom stereocenters. The smallest absolute Gasteiger partial charge is 0.235 e. The predicted molar refractivity (Wildman–Crippen MR) is 78.4 cm³/mol. The molecule has 104 valence electrons. The highest BCUT2D eigenvalue weighted by Crippen LogP contribution is 2.33. The van der Waals surface area contributed by atoms with Gasteiger partial charge in [0.25, 0.3) is 0 Å². The van der Waals surface area contributed by atoms with Gasteiger partial charge in [-0.1, -0.05) is 5.92 Å². The van der Waals surface area contributed by atoms with Crippen LogP contribution in [-0.2, 0) is 9.59 Å². The Morgan fingerprint density at radius 1 is 1.15 bits per heavy atom. The van der Waals surface area contributed by atoms with Crippen LogP contribution in [0, 0.1) is 25.7 Å². The van der Waals surface area contributed by atoms with Crippen molar-refractivity contribution >= 4 is 11.7 Å². The molecule has 20 heavy (non-hydrogen) atoms. The summed E-state index contributed by atoms with van der Waals surface area (Å²) in [7, 11) is 0. The van der Waals surface area contributed by atoms with Gasteiger partial charge in [-0.2, -0.15) is 0 Å². The van der Waals surface area contributed by atoms with Crippen LogP contribution in [0.15, 0.2) is 12.1 Å². The molecular weight excluding hydrogens is 250 g/mol. The molecule has 1 aromatic carbocycles. The van der Waals surface area contributed by atoms with E-state index in [0.717, 1.165) is 22.3 Å². The minimum Gasteiger partial charge on any atom is -0.343 e. The van der Waals surface area contributed by atoms with Crippen LogP contribution in [0.2, 0.25) is 0 Å². The minimum atomic E-state index is -0.789. The van der Waals surface area contributed by atoms with Crippen molar-refractivity contribution in [2.45, 2.75) is 46.1 Å². The number of hydrogen-bond acceptors (Lipinski definition) is 2. The zero-order valence-corrected chi connectivity index (χ0v) is 12.5. The monoisotopic (exact) mass is 269 g/mol. The molecule has 1 fully saturated rings. The predicted octanol–water partition coefficient (Wildman–Crippen LogP) is 2.24. The third kappa shape index (κ3) is 2.22. The van der Waals surface area contributed by atoms with Gasteiger partial charge in [0.05, 0.1) is 5.54 Å². The maximum absolute atomic E-state index is 12.4. The summed E-state index contributed by atoms with van der Waals surface area (Å²) in [6, 6.07) is 3.87. The van der Waals surface area contributed by atoms with E-state index in [1.165, 1.54) is 0 Å². The average Bonchev–Trinajstić information content (AvgIpc) is 2.50. The highest BCUT2D eigenvalue weighted by molar-refractivity contribution is 6.17. The van der Waals surface area contributed by atoms with E-state index in [4.69, 9.17) is 0 Å². The van der Waals surface area contributed by atoms with Crippen molar-refractivity contribution in [2.75, 3.05) is 0 Å². The van der Waals surface area contributed by atoms with Gasteiger partial charge in [0.15, 0.2) is 5.78 Å². The van der Waals surface area contributed by atoms with Gasteiger partial charge in [-0.05, 0) is 63.4 Å². The Bertz CT molecular complexity index is 636. The van der Waals surface area contributed by atoms with Gasteiger partial charge in [0.1, 0.15) is 5.92 Å². The number of aryl methyl sites for hydroxylation is 2. The lowest BCUT2D eigenvalue weighted by Crippen LogP contribution is -2.39. The summed E-state index contributed by atoms with van der Waals surface area (Å²) in [6.07, 6.45) is 0. The highest BCUT2D eigenvalue weighted by Gasteiger charge is 2.47. The Kier molecular flexibility index (Phi) is 3.43. The molecule has 0 spiro atoms. The van der Waals surface area contributed by atoms with Gasteiger partial charge in [0, 0.05) is 5.56 Å². The van der Waals surface area contributed by atoms with E-state index in [1.54, 1.807) is 20.8 Å². The second-order valence-electron chi connectivity index (χ2n) is 5.81. The highest BCUT2D eigenvalue weighted by atomic mass is 16.2. The minimum absolute atomic E-state index is 0.0666. The van der Waals surface area contributed by atoms with Crippen LogP contribution in [0.4, 0.5) is 0 Å². The number of benzene rings is 1. The molecule has 2 rings (SSSR count). The van der Waals surface area contributed by atoms with Crippen molar-refractivity contribution in [3.63, 3.8) is 0 Å². The molecule has 1 aliphatic rings. The summed E-state index contributed by atoms with van der Waals surface area (Å²) >= 11 is 0. The first-order chi connectivity index (χ1) is 9.27. The Hall–Kier alpha value is -2.08. The Morgan fingerprint density at radius 3 is 2.10 bits per heavy atom. The van der Waals surface area contributed by atoms with Gasteiger partial charge in [-0.15, -0.1) is 5.92 Å². The van der Waals surface area contributed by atoms with Crippen molar-refractivity contribution in [3.05, 3.63) is 34.4 Å². The Balaban J connectivity index is 2.56. The molecular formula is C17H19NO2. The summed E-state index contributed by atoms with van der Waals surface area (Å²) in [4.78, 5) is 24.6. The van der Waals surface area contributed by atoms with Gasteiger partial charge in [-0.25, -0.2) is 0 Å². The first kappa shape index (κ1) is 14.3.